The molecule has 0 saturated carbocycles. The molecule has 0 aliphatic heterocycles. The van der Waals surface area contributed by atoms with Crippen molar-refractivity contribution in [3.63, 3.8) is 0 Å². The quantitative estimate of drug-likeness (QED) is 0.557. The number of hydrogen-bond donors (Lipinski definition) is 0. The van der Waals surface area contributed by atoms with E-state index in [0.717, 1.165) is 25.0 Å². The van der Waals surface area contributed by atoms with Crippen molar-refractivity contribution >= 4 is 15.2 Å². The third kappa shape index (κ3) is 5.03. The number of rotatable bonds is 7. The van der Waals surface area contributed by atoms with E-state index in [2.05, 4.69) is 25.9 Å². The van der Waals surface area contributed by atoms with E-state index in [-0.39, 0.29) is 5.97 Å². The molecule has 0 spiro atoms. The second-order valence-electron chi connectivity index (χ2n) is 3.96. The van der Waals surface area contributed by atoms with Crippen LogP contribution in [-0.2, 0) is 4.74 Å². The Morgan fingerprint density at radius 1 is 1.28 bits per heavy atom. The molecule has 0 radical (unpaired) electrons. The molecular formula is C13H20NO3P. The molecule has 1 aromatic carbocycles. The molecule has 1 atom stereocenters. The Morgan fingerprint density at radius 3 is 2.50 bits per heavy atom. The lowest BCUT2D eigenvalue weighted by atomic mass is 10.2. The summed E-state index contributed by atoms with van der Waals surface area (Å²) in [6, 6.07) is 6.96. The van der Waals surface area contributed by atoms with E-state index in [1.165, 1.54) is 7.11 Å². The summed E-state index contributed by atoms with van der Waals surface area (Å²) < 4.78 is 10.2. The minimum Gasteiger partial charge on any atom is -0.492 e. The Hall–Kier alpha value is -1.12. The van der Waals surface area contributed by atoms with Gasteiger partial charge in [-0.1, -0.05) is 0 Å². The first-order valence-corrected chi connectivity index (χ1v) is 6.69. The van der Waals surface area contributed by atoms with E-state index < -0.39 is 0 Å². The normalized spacial score (nSPS) is 10.4. The number of nitrogens with zero attached hydrogens (tertiary/aromatic N) is 1. The maximum Gasteiger partial charge on any atom is 0.337 e. The molecule has 0 amide bonds. The van der Waals surface area contributed by atoms with Gasteiger partial charge in [-0.2, -0.15) is 0 Å². The van der Waals surface area contributed by atoms with Gasteiger partial charge in [0.05, 0.1) is 12.7 Å². The molecule has 0 fully saturated rings. The van der Waals surface area contributed by atoms with Gasteiger partial charge >= 0.3 is 5.97 Å². The Morgan fingerprint density at radius 2 is 1.94 bits per heavy atom. The molecule has 0 bridgehead atoms. The second-order valence-corrected chi connectivity index (χ2v) is 4.53. The monoisotopic (exact) mass is 269 g/mol. The van der Waals surface area contributed by atoms with Crippen molar-refractivity contribution in [2.24, 2.45) is 0 Å². The molecule has 0 saturated heterocycles. The summed E-state index contributed by atoms with van der Waals surface area (Å²) in [6.45, 7) is 2.56. The van der Waals surface area contributed by atoms with Gasteiger partial charge in [0.2, 0.25) is 0 Å². The van der Waals surface area contributed by atoms with Crippen LogP contribution in [-0.4, -0.2) is 50.9 Å². The number of carbonyl (C=O) groups is 1. The molecule has 1 unspecified atom stereocenters. The van der Waals surface area contributed by atoms with Crippen molar-refractivity contribution in [2.75, 3.05) is 40.0 Å². The molecule has 0 N–H and O–H groups in total. The predicted molar refractivity (Wildman–Crippen MR) is 75.4 cm³/mol. The number of ether oxygens (including phenoxy) is 2. The first kappa shape index (κ1) is 14.9. The van der Waals surface area contributed by atoms with Gasteiger partial charge < -0.3 is 14.4 Å². The first-order chi connectivity index (χ1) is 8.67. The van der Waals surface area contributed by atoms with Crippen LogP contribution in [0, 0.1) is 0 Å². The zero-order valence-electron chi connectivity index (χ0n) is 10.9. The number of esters is 1. The number of methoxy groups -OCH3 is 1. The van der Waals surface area contributed by atoms with E-state index in [9.17, 15) is 4.79 Å². The van der Waals surface area contributed by atoms with Crippen molar-refractivity contribution in [1.82, 2.24) is 4.90 Å². The van der Waals surface area contributed by atoms with Crippen LogP contribution >= 0.6 is 9.24 Å². The number of likely N-dealkylation sites (N-methyl/N-ethyl adjacent to an activating group) is 1. The lowest BCUT2D eigenvalue weighted by Gasteiger charge is -2.15. The molecule has 1 rings (SSSR count). The minimum absolute atomic E-state index is 0.332. The molecular weight excluding hydrogens is 249 g/mol. The van der Waals surface area contributed by atoms with E-state index in [0.29, 0.717) is 12.2 Å². The predicted octanol–water partition coefficient (Wildman–Crippen LogP) is 1.66. The average molecular weight is 269 g/mol. The Labute approximate surface area is 110 Å². The molecule has 0 heterocycles. The fourth-order valence-electron chi connectivity index (χ4n) is 1.46. The van der Waals surface area contributed by atoms with E-state index in [1.807, 2.05) is 0 Å². The zero-order chi connectivity index (χ0) is 13.4. The third-order valence-corrected chi connectivity index (χ3v) is 2.79. The second kappa shape index (κ2) is 8.06. The summed E-state index contributed by atoms with van der Waals surface area (Å²) in [5.74, 6) is 0.434. The van der Waals surface area contributed by atoms with Crippen LogP contribution in [0.25, 0.3) is 0 Å². The standard InChI is InChI=1S/C13H20NO3P/c1-14(8-10-18)7-9-17-12-5-3-11(4-6-12)13(15)16-2/h3-6H,7-10,18H2,1-2H3. The molecule has 18 heavy (non-hydrogen) atoms. The molecule has 4 nitrogen and oxygen atoms in total. The van der Waals surface area contributed by atoms with Gasteiger partial charge in [-0.3, -0.25) is 0 Å². The summed E-state index contributed by atoms with van der Waals surface area (Å²) >= 11 is 0. The third-order valence-electron chi connectivity index (χ3n) is 2.53. The number of carbonyl (C=O) groups excluding carboxylic acids is 1. The van der Waals surface area contributed by atoms with Crippen LogP contribution in [0.4, 0.5) is 0 Å². The molecule has 0 aromatic heterocycles. The number of hydrogen-bond acceptors (Lipinski definition) is 4. The van der Waals surface area contributed by atoms with Gasteiger partial charge in [0.1, 0.15) is 12.4 Å². The molecule has 0 aliphatic rings. The SMILES string of the molecule is COC(=O)c1ccc(OCCN(C)CCP)cc1. The highest BCUT2D eigenvalue weighted by atomic mass is 31.0. The zero-order valence-corrected chi connectivity index (χ0v) is 12.0. The van der Waals surface area contributed by atoms with E-state index in [1.54, 1.807) is 24.3 Å². The van der Waals surface area contributed by atoms with Crippen LogP contribution in [0.5, 0.6) is 5.75 Å². The van der Waals surface area contributed by atoms with Crippen LogP contribution in [0.15, 0.2) is 24.3 Å². The number of benzene rings is 1. The van der Waals surface area contributed by atoms with Crippen LogP contribution < -0.4 is 4.74 Å². The topological polar surface area (TPSA) is 38.8 Å². The highest BCUT2D eigenvalue weighted by molar-refractivity contribution is 7.16. The van der Waals surface area contributed by atoms with Crippen LogP contribution in [0.3, 0.4) is 0 Å². The molecule has 0 aliphatic carbocycles. The first-order valence-electron chi connectivity index (χ1n) is 5.87. The Balaban J connectivity index is 2.37. The highest BCUT2D eigenvalue weighted by Gasteiger charge is 2.04. The van der Waals surface area contributed by atoms with Gasteiger partial charge in [-0.15, -0.1) is 9.24 Å². The van der Waals surface area contributed by atoms with Gasteiger partial charge in [0.15, 0.2) is 0 Å². The largest absolute Gasteiger partial charge is 0.492 e. The molecule has 100 valence electrons. The van der Waals surface area contributed by atoms with Crippen molar-refractivity contribution in [2.45, 2.75) is 0 Å². The smallest absolute Gasteiger partial charge is 0.337 e. The van der Waals surface area contributed by atoms with E-state index in [4.69, 9.17) is 4.74 Å². The lowest BCUT2D eigenvalue weighted by molar-refractivity contribution is 0.0600. The van der Waals surface area contributed by atoms with E-state index >= 15 is 0 Å². The van der Waals surface area contributed by atoms with Crippen LogP contribution in [0.2, 0.25) is 0 Å². The molecule has 1 aromatic rings. The van der Waals surface area contributed by atoms with Crippen LogP contribution in [0.1, 0.15) is 10.4 Å². The van der Waals surface area contributed by atoms with Crippen molar-refractivity contribution in [1.29, 1.82) is 0 Å². The van der Waals surface area contributed by atoms with Crippen molar-refractivity contribution in [3.8, 4) is 5.75 Å². The Bertz CT molecular complexity index is 367. The van der Waals surface area contributed by atoms with Gasteiger partial charge in [0, 0.05) is 13.1 Å². The fraction of sp³-hybridized carbons (Fsp3) is 0.462. The maximum atomic E-state index is 11.2. The Kier molecular flexibility index (Phi) is 6.69. The summed E-state index contributed by atoms with van der Waals surface area (Å²) in [4.78, 5) is 13.4. The minimum atomic E-state index is -0.332. The summed E-state index contributed by atoms with van der Waals surface area (Å²) in [7, 11) is 6.14. The maximum absolute atomic E-state index is 11.2. The van der Waals surface area contributed by atoms with Crippen molar-refractivity contribution < 1.29 is 14.3 Å². The van der Waals surface area contributed by atoms with Gasteiger partial charge in [-0.05, 0) is 37.5 Å². The molecule has 5 heteroatoms. The lowest BCUT2D eigenvalue weighted by Crippen LogP contribution is -2.25. The van der Waals surface area contributed by atoms with Crippen molar-refractivity contribution in [3.05, 3.63) is 29.8 Å². The fourth-order valence-corrected chi connectivity index (χ4v) is 1.90. The van der Waals surface area contributed by atoms with Gasteiger partial charge in [-0.25, -0.2) is 4.79 Å². The summed E-state index contributed by atoms with van der Waals surface area (Å²) in [5.41, 5.74) is 0.532. The summed E-state index contributed by atoms with van der Waals surface area (Å²) in [6.07, 6.45) is 1.06. The summed E-state index contributed by atoms with van der Waals surface area (Å²) in [5, 5.41) is 0. The highest BCUT2D eigenvalue weighted by Crippen LogP contribution is 2.12. The average Bonchev–Trinajstić information content (AvgIpc) is 2.39. The van der Waals surface area contributed by atoms with Gasteiger partial charge in [0.25, 0.3) is 0 Å².